The normalized spacial score (nSPS) is 12.1. The molecule has 3 aromatic rings. The van der Waals surface area contributed by atoms with Gasteiger partial charge in [0.1, 0.15) is 18.4 Å². The zero-order valence-corrected chi connectivity index (χ0v) is 23.4. The summed E-state index contributed by atoms with van der Waals surface area (Å²) in [5.41, 5.74) is 1.74. The number of rotatable bonds is 10. The van der Waals surface area contributed by atoms with Gasteiger partial charge in [-0.25, -0.2) is 12.8 Å². The van der Waals surface area contributed by atoms with Gasteiger partial charge in [-0.3, -0.25) is 13.9 Å². The Labute approximate surface area is 232 Å². The Morgan fingerprint density at radius 2 is 1.61 bits per heavy atom. The molecule has 3 aromatic carbocycles. The lowest BCUT2D eigenvalue weighted by Gasteiger charge is -2.32. The van der Waals surface area contributed by atoms with Crippen LogP contribution >= 0.6 is 23.2 Å². The van der Waals surface area contributed by atoms with Crippen molar-refractivity contribution in [2.24, 2.45) is 0 Å². The third-order valence-corrected chi connectivity index (χ3v) is 8.38. The van der Waals surface area contributed by atoms with Crippen molar-refractivity contribution in [2.45, 2.75) is 38.3 Å². The maximum absolute atomic E-state index is 13.8. The molecule has 1 atom stereocenters. The standard InChI is InChI=1S/C27H28Cl2FN3O4S/c1-4-31-27(35)19(3)32(16-20-7-14-24(28)25(29)15-20)26(34)17-33(22-10-5-18(2)6-11-22)38(36,37)23-12-8-21(30)9-13-23/h5-15,19H,4,16-17H2,1-3H3,(H,31,35)/t19-/m1/s1. The predicted octanol–water partition coefficient (Wildman–Crippen LogP) is 5.19. The number of nitrogens with zero attached hydrogens (tertiary/aromatic N) is 2. The monoisotopic (exact) mass is 579 g/mol. The summed E-state index contributed by atoms with van der Waals surface area (Å²) in [6.45, 7) is 4.89. The van der Waals surface area contributed by atoms with E-state index in [9.17, 15) is 22.4 Å². The number of hydrogen-bond donors (Lipinski definition) is 1. The number of aryl methyl sites for hydroxylation is 1. The fourth-order valence-electron chi connectivity index (χ4n) is 3.71. The van der Waals surface area contributed by atoms with E-state index < -0.39 is 40.2 Å². The van der Waals surface area contributed by atoms with E-state index in [1.165, 1.54) is 4.90 Å². The Kier molecular flexibility index (Phi) is 9.76. The van der Waals surface area contributed by atoms with Crippen LogP contribution in [-0.2, 0) is 26.2 Å². The molecule has 0 aliphatic heterocycles. The molecule has 1 N–H and O–H groups in total. The highest BCUT2D eigenvalue weighted by molar-refractivity contribution is 7.92. The molecule has 11 heteroatoms. The summed E-state index contributed by atoms with van der Waals surface area (Å²) < 4.78 is 41.8. The maximum atomic E-state index is 13.8. The highest BCUT2D eigenvalue weighted by atomic mass is 35.5. The van der Waals surface area contributed by atoms with E-state index in [1.807, 2.05) is 6.92 Å². The molecule has 3 rings (SSSR count). The molecule has 0 spiro atoms. The Morgan fingerprint density at radius 1 is 0.974 bits per heavy atom. The Hall–Kier alpha value is -3.14. The second kappa shape index (κ2) is 12.6. The van der Waals surface area contributed by atoms with Crippen molar-refractivity contribution >= 4 is 50.7 Å². The summed E-state index contributed by atoms with van der Waals surface area (Å²) in [5, 5.41) is 3.31. The first kappa shape index (κ1) is 29.4. The minimum atomic E-state index is -4.27. The van der Waals surface area contributed by atoms with Crippen LogP contribution in [0.3, 0.4) is 0 Å². The van der Waals surface area contributed by atoms with E-state index in [0.29, 0.717) is 17.1 Å². The van der Waals surface area contributed by atoms with Crippen LogP contribution in [-0.4, -0.2) is 44.3 Å². The molecule has 0 aliphatic carbocycles. The van der Waals surface area contributed by atoms with Crippen LogP contribution in [0.1, 0.15) is 25.0 Å². The summed E-state index contributed by atoms with van der Waals surface area (Å²) in [7, 11) is -4.27. The van der Waals surface area contributed by atoms with Crippen LogP contribution in [0.15, 0.2) is 71.6 Å². The first-order valence-electron chi connectivity index (χ1n) is 11.8. The number of likely N-dealkylation sites (N-methyl/N-ethyl adjacent to an activating group) is 1. The molecule has 202 valence electrons. The predicted molar refractivity (Wildman–Crippen MR) is 147 cm³/mol. The fraction of sp³-hybridized carbons (Fsp3) is 0.259. The molecule has 0 unspecified atom stereocenters. The lowest BCUT2D eigenvalue weighted by molar-refractivity contribution is -0.139. The largest absolute Gasteiger partial charge is 0.355 e. The third-order valence-electron chi connectivity index (χ3n) is 5.86. The third kappa shape index (κ3) is 7.03. The second-order valence-electron chi connectivity index (χ2n) is 8.64. The van der Waals surface area contributed by atoms with Gasteiger partial charge >= 0.3 is 0 Å². The van der Waals surface area contributed by atoms with Crippen LogP contribution in [0.25, 0.3) is 0 Å². The molecule has 0 heterocycles. The summed E-state index contributed by atoms with van der Waals surface area (Å²) in [6.07, 6.45) is 0. The summed E-state index contributed by atoms with van der Waals surface area (Å²) in [6, 6.07) is 14.9. The van der Waals surface area contributed by atoms with Gasteiger partial charge in [0.2, 0.25) is 11.8 Å². The van der Waals surface area contributed by atoms with Crippen LogP contribution in [0.4, 0.5) is 10.1 Å². The van der Waals surface area contributed by atoms with Crippen molar-refractivity contribution in [3.63, 3.8) is 0 Å². The highest BCUT2D eigenvalue weighted by Crippen LogP contribution is 2.26. The molecule has 0 fully saturated rings. The molecular weight excluding hydrogens is 552 g/mol. The van der Waals surface area contributed by atoms with Gasteiger partial charge in [-0.05, 0) is 74.9 Å². The van der Waals surface area contributed by atoms with Crippen LogP contribution < -0.4 is 9.62 Å². The highest BCUT2D eigenvalue weighted by Gasteiger charge is 2.32. The van der Waals surface area contributed by atoms with E-state index in [0.717, 1.165) is 34.1 Å². The first-order valence-corrected chi connectivity index (χ1v) is 14.0. The molecule has 0 saturated carbocycles. The molecule has 38 heavy (non-hydrogen) atoms. The minimum absolute atomic E-state index is 0.0215. The smallest absolute Gasteiger partial charge is 0.264 e. The molecule has 0 aromatic heterocycles. The number of hydrogen-bond acceptors (Lipinski definition) is 4. The van der Waals surface area contributed by atoms with Gasteiger partial charge in [-0.15, -0.1) is 0 Å². The van der Waals surface area contributed by atoms with Gasteiger partial charge in [0.05, 0.1) is 20.6 Å². The molecule has 0 bridgehead atoms. The van der Waals surface area contributed by atoms with E-state index in [1.54, 1.807) is 56.3 Å². The van der Waals surface area contributed by atoms with Crippen molar-refractivity contribution in [1.82, 2.24) is 10.2 Å². The fourth-order valence-corrected chi connectivity index (χ4v) is 5.45. The topological polar surface area (TPSA) is 86.8 Å². The van der Waals surface area contributed by atoms with Crippen molar-refractivity contribution in [3.05, 3.63) is 93.7 Å². The number of halogens is 3. The molecule has 0 aliphatic rings. The van der Waals surface area contributed by atoms with Crippen LogP contribution in [0.2, 0.25) is 10.0 Å². The Balaban J connectivity index is 2.03. The van der Waals surface area contributed by atoms with Gasteiger partial charge < -0.3 is 10.2 Å². The number of carbonyl (C=O) groups excluding carboxylic acids is 2. The number of sulfonamides is 1. The lowest BCUT2D eigenvalue weighted by Crippen LogP contribution is -2.51. The van der Waals surface area contributed by atoms with E-state index in [4.69, 9.17) is 23.2 Å². The molecule has 0 radical (unpaired) electrons. The van der Waals surface area contributed by atoms with Crippen molar-refractivity contribution in [1.29, 1.82) is 0 Å². The quantitative estimate of drug-likeness (QED) is 0.358. The average Bonchev–Trinajstić information content (AvgIpc) is 2.88. The van der Waals surface area contributed by atoms with Crippen LogP contribution in [0.5, 0.6) is 0 Å². The minimum Gasteiger partial charge on any atom is -0.355 e. The van der Waals surface area contributed by atoms with Crippen LogP contribution in [0, 0.1) is 12.7 Å². The first-order chi connectivity index (χ1) is 17.9. The van der Waals surface area contributed by atoms with Gasteiger partial charge in [-0.2, -0.15) is 0 Å². The maximum Gasteiger partial charge on any atom is 0.264 e. The molecule has 2 amide bonds. The molecular formula is C27H28Cl2FN3O4S. The van der Waals surface area contributed by atoms with Gasteiger partial charge in [0.25, 0.3) is 10.0 Å². The number of benzene rings is 3. The van der Waals surface area contributed by atoms with E-state index in [2.05, 4.69) is 5.32 Å². The van der Waals surface area contributed by atoms with E-state index >= 15 is 0 Å². The van der Waals surface area contributed by atoms with Crippen molar-refractivity contribution in [2.75, 3.05) is 17.4 Å². The SMILES string of the molecule is CCNC(=O)[C@@H](C)N(Cc1ccc(Cl)c(Cl)c1)C(=O)CN(c1ccc(C)cc1)S(=O)(=O)c1ccc(F)cc1. The van der Waals surface area contributed by atoms with Crippen molar-refractivity contribution < 1.29 is 22.4 Å². The van der Waals surface area contributed by atoms with Gasteiger partial charge in [-0.1, -0.05) is 47.0 Å². The van der Waals surface area contributed by atoms with Gasteiger partial charge in [0, 0.05) is 13.1 Å². The number of anilines is 1. The van der Waals surface area contributed by atoms with Crippen molar-refractivity contribution in [3.8, 4) is 0 Å². The number of carbonyl (C=O) groups is 2. The lowest BCUT2D eigenvalue weighted by atomic mass is 10.1. The molecule has 0 saturated heterocycles. The average molecular weight is 581 g/mol. The summed E-state index contributed by atoms with van der Waals surface area (Å²) >= 11 is 12.2. The van der Waals surface area contributed by atoms with E-state index in [-0.39, 0.29) is 22.2 Å². The Bertz CT molecular complexity index is 1400. The number of amides is 2. The second-order valence-corrected chi connectivity index (χ2v) is 11.3. The van der Waals surface area contributed by atoms with Gasteiger partial charge in [0.15, 0.2) is 0 Å². The summed E-state index contributed by atoms with van der Waals surface area (Å²) in [4.78, 5) is 27.6. The molecule has 7 nitrogen and oxygen atoms in total. The zero-order chi connectivity index (χ0) is 28.0. The number of nitrogens with one attached hydrogen (secondary N) is 1. The summed E-state index contributed by atoms with van der Waals surface area (Å²) in [5.74, 6) is -1.62. The Morgan fingerprint density at radius 3 is 2.18 bits per heavy atom. The zero-order valence-electron chi connectivity index (χ0n) is 21.1.